The summed E-state index contributed by atoms with van der Waals surface area (Å²) in [7, 11) is 0. The van der Waals surface area contributed by atoms with E-state index in [-0.39, 0.29) is 24.3 Å². The Balaban J connectivity index is 2.19. The maximum Gasteiger partial charge on any atom is 0.276 e. The third kappa shape index (κ3) is 4.04. The van der Waals surface area contributed by atoms with E-state index in [1.807, 2.05) is 6.92 Å². The first-order chi connectivity index (χ1) is 10.1. The highest BCUT2D eigenvalue weighted by atomic mass is 16.6. The Morgan fingerprint density at radius 1 is 1.38 bits per heavy atom. The van der Waals surface area contributed by atoms with Gasteiger partial charge in [-0.25, -0.2) is 4.98 Å². The van der Waals surface area contributed by atoms with E-state index in [2.05, 4.69) is 15.6 Å². The van der Waals surface area contributed by atoms with Gasteiger partial charge in [0.05, 0.1) is 17.1 Å². The Labute approximate surface area is 123 Å². The third-order valence-corrected chi connectivity index (χ3v) is 3.86. The van der Waals surface area contributed by atoms with Crippen molar-refractivity contribution < 1.29 is 10.0 Å². The quantitative estimate of drug-likeness (QED) is 0.550. The first-order valence-corrected chi connectivity index (χ1v) is 7.41. The second-order valence-corrected chi connectivity index (χ2v) is 5.36. The number of nitro groups is 1. The molecule has 1 fully saturated rings. The number of aromatic nitrogens is 1. The van der Waals surface area contributed by atoms with Crippen LogP contribution in [-0.2, 0) is 0 Å². The highest BCUT2D eigenvalue weighted by molar-refractivity contribution is 5.55. The van der Waals surface area contributed by atoms with Crippen LogP contribution in [0.2, 0.25) is 0 Å². The molecule has 0 amide bonds. The molecule has 1 saturated carbocycles. The van der Waals surface area contributed by atoms with Gasteiger partial charge in [0, 0.05) is 25.1 Å². The lowest BCUT2D eigenvalue weighted by Crippen LogP contribution is -2.34. The summed E-state index contributed by atoms with van der Waals surface area (Å²) in [6.07, 6.45) is 4.15. The molecule has 0 aromatic carbocycles. The Bertz CT molecular complexity index is 495. The van der Waals surface area contributed by atoms with Crippen molar-refractivity contribution in [2.75, 3.05) is 23.8 Å². The van der Waals surface area contributed by atoms with E-state index < -0.39 is 4.92 Å². The molecule has 1 aromatic heterocycles. The molecule has 21 heavy (non-hydrogen) atoms. The minimum absolute atomic E-state index is 0.0137. The average molecular weight is 294 g/mol. The van der Waals surface area contributed by atoms with Gasteiger partial charge in [-0.05, 0) is 19.8 Å². The Morgan fingerprint density at radius 3 is 2.76 bits per heavy atom. The van der Waals surface area contributed by atoms with Gasteiger partial charge >= 0.3 is 0 Å². The van der Waals surface area contributed by atoms with Crippen molar-refractivity contribution in [2.24, 2.45) is 5.92 Å². The molecule has 1 aromatic rings. The standard InChI is InChI=1S/C14H22N4O3/c1-2-15-13-7-11(18(20)21)8-14(17-13)16-12-6-4-3-5-10(12)9-19/h7-8,10,12,19H,2-6,9H2,1H3,(H2,15,16,17). The first kappa shape index (κ1) is 15.5. The van der Waals surface area contributed by atoms with Crippen molar-refractivity contribution in [3.63, 3.8) is 0 Å². The number of anilines is 2. The van der Waals surface area contributed by atoms with Crippen molar-refractivity contribution in [1.29, 1.82) is 0 Å². The Kier molecular flexibility index (Phi) is 5.32. The fourth-order valence-corrected chi connectivity index (χ4v) is 2.77. The summed E-state index contributed by atoms with van der Waals surface area (Å²) in [6.45, 7) is 2.69. The number of nitrogens with zero attached hydrogens (tertiary/aromatic N) is 2. The predicted molar refractivity (Wildman–Crippen MR) is 81.5 cm³/mol. The smallest absolute Gasteiger partial charge is 0.276 e. The number of hydrogen-bond acceptors (Lipinski definition) is 6. The molecule has 1 aliphatic carbocycles. The Hall–Kier alpha value is -1.89. The van der Waals surface area contributed by atoms with Gasteiger partial charge in [-0.2, -0.15) is 0 Å². The van der Waals surface area contributed by atoms with Gasteiger partial charge in [0.1, 0.15) is 11.6 Å². The normalized spacial score (nSPS) is 21.8. The average Bonchev–Trinajstić information content (AvgIpc) is 2.48. The van der Waals surface area contributed by atoms with E-state index in [1.54, 1.807) is 0 Å². The zero-order valence-electron chi connectivity index (χ0n) is 12.2. The molecule has 7 heteroatoms. The summed E-state index contributed by atoms with van der Waals surface area (Å²) >= 11 is 0. The van der Waals surface area contributed by atoms with E-state index in [0.29, 0.717) is 18.2 Å². The number of hydrogen-bond donors (Lipinski definition) is 3. The van der Waals surface area contributed by atoms with Crippen molar-refractivity contribution >= 4 is 17.3 Å². The van der Waals surface area contributed by atoms with Crippen LogP contribution in [0.15, 0.2) is 12.1 Å². The Morgan fingerprint density at radius 2 is 2.10 bits per heavy atom. The topological polar surface area (TPSA) is 100 Å². The highest BCUT2D eigenvalue weighted by Crippen LogP contribution is 2.28. The number of rotatable bonds is 6. The first-order valence-electron chi connectivity index (χ1n) is 7.41. The maximum absolute atomic E-state index is 11.0. The summed E-state index contributed by atoms with van der Waals surface area (Å²) in [5.74, 6) is 1.17. The molecule has 0 saturated heterocycles. The second-order valence-electron chi connectivity index (χ2n) is 5.36. The number of pyridine rings is 1. The zero-order valence-corrected chi connectivity index (χ0v) is 12.2. The van der Waals surface area contributed by atoms with Crippen molar-refractivity contribution in [2.45, 2.75) is 38.6 Å². The molecule has 3 N–H and O–H groups in total. The number of aliphatic hydroxyl groups is 1. The molecule has 7 nitrogen and oxygen atoms in total. The lowest BCUT2D eigenvalue weighted by Gasteiger charge is -2.31. The van der Waals surface area contributed by atoms with Gasteiger partial charge in [0.2, 0.25) is 0 Å². The van der Waals surface area contributed by atoms with Crippen LogP contribution >= 0.6 is 0 Å². The van der Waals surface area contributed by atoms with Gasteiger partial charge in [-0.15, -0.1) is 0 Å². The fraction of sp³-hybridized carbons (Fsp3) is 0.643. The van der Waals surface area contributed by atoms with E-state index in [9.17, 15) is 15.2 Å². The van der Waals surface area contributed by atoms with E-state index >= 15 is 0 Å². The van der Waals surface area contributed by atoms with Gasteiger partial charge in [-0.1, -0.05) is 12.8 Å². The third-order valence-electron chi connectivity index (χ3n) is 3.86. The predicted octanol–water partition coefficient (Wildman–Crippen LogP) is 2.38. The van der Waals surface area contributed by atoms with Crippen LogP contribution in [0, 0.1) is 16.0 Å². The SMILES string of the molecule is CCNc1cc([N+](=O)[O-])cc(NC2CCCCC2CO)n1. The van der Waals surface area contributed by atoms with E-state index in [4.69, 9.17) is 0 Å². The minimum Gasteiger partial charge on any atom is -0.396 e. The van der Waals surface area contributed by atoms with Crippen molar-refractivity contribution in [1.82, 2.24) is 4.98 Å². The van der Waals surface area contributed by atoms with Crippen LogP contribution in [0.25, 0.3) is 0 Å². The zero-order chi connectivity index (χ0) is 15.2. The molecule has 2 atom stereocenters. The van der Waals surface area contributed by atoms with Crippen LogP contribution in [0.3, 0.4) is 0 Å². The second kappa shape index (κ2) is 7.21. The van der Waals surface area contributed by atoms with E-state index in [0.717, 1.165) is 25.7 Å². The summed E-state index contributed by atoms with van der Waals surface area (Å²) in [5, 5.41) is 26.7. The molecule has 0 aliphatic heterocycles. The van der Waals surface area contributed by atoms with Crippen molar-refractivity contribution in [3.8, 4) is 0 Å². The molecule has 1 heterocycles. The molecule has 0 spiro atoms. The summed E-state index contributed by atoms with van der Waals surface area (Å²) < 4.78 is 0. The number of nitrogens with one attached hydrogen (secondary N) is 2. The molecule has 2 unspecified atom stereocenters. The van der Waals surface area contributed by atoms with Crippen LogP contribution in [0.1, 0.15) is 32.6 Å². The highest BCUT2D eigenvalue weighted by Gasteiger charge is 2.25. The lowest BCUT2D eigenvalue weighted by atomic mass is 9.85. The van der Waals surface area contributed by atoms with Gasteiger partial charge in [0.15, 0.2) is 0 Å². The maximum atomic E-state index is 11.0. The van der Waals surface area contributed by atoms with E-state index in [1.165, 1.54) is 12.1 Å². The summed E-state index contributed by atoms with van der Waals surface area (Å²) in [5.41, 5.74) is 0.0137. The molecule has 116 valence electrons. The summed E-state index contributed by atoms with van der Waals surface area (Å²) in [4.78, 5) is 14.9. The molecule has 0 radical (unpaired) electrons. The molecular weight excluding hydrogens is 272 g/mol. The lowest BCUT2D eigenvalue weighted by molar-refractivity contribution is -0.384. The van der Waals surface area contributed by atoms with Crippen LogP contribution < -0.4 is 10.6 Å². The van der Waals surface area contributed by atoms with Gasteiger partial charge in [-0.3, -0.25) is 10.1 Å². The van der Waals surface area contributed by atoms with Crippen LogP contribution in [0.5, 0.6) is 0 Å². The number of aliphatic hydroxyl groups excluding tert-OH is 1. The molecule has 0 bridgehead atoms. The monoisotopic (exact) mass is 294 g/mol. The molecule has 2 rings (SSSR count). The largest absolute Gasteiger partial charge is 0.396 e. The van der Waals surface area contributed by atoms with Crippen LogP contribution in [0.4, 0.5) is 17.3 Å². The minimum atomic E-state index is -0.419. The van der Waals surface area contributed by atoms with Crippen molar-refractivity contribution in [3.05, 3.63) is 22.2 Å². The molecule has 1 aliphatic rings. The molecular formula is C14H22N4O3. The fourth-order valence-electron chi connectivity index (χ4n) is 2.77. The van der Waals surface area contributed by atoms with Crippen LogP contribution in [-0.4, -0.2) is 34.2 Å². The van der Waals surface area contributed by atoms with Gasteiger partial charge in [0.25, 0.3) is 5.69 Å². The van der Waals surface area contributed by atoms with Gasteiger partial charge < -0.3 is 15.7 Å². The summed E-state index contributed by atoms with van der Waals surface area (Å²) in [6, 6.07) is 3.00.